The van der Waals surface area contributed by atoms with Crippen molar-refractivity contribution in [1.29, 1.82) is 0 Å². The molecule has 0 bridgehead atoms. The molecule has 0 aromatic carbocycles. The van der Waals surface area contributed by atoms with Crippen LogP contribution in [0.3, 0.4) is 0 Å². The van der Waals surface area contributed by atoms with Gasteiger partial charge in [-0.1, -0.05) is 13.8 Å². The van der Waals surface area contributed by atoms with Gasteiger partial charge < -0.3 is 0 Å². The zero-order valence-electron chi connectivity index (χ0n) is 7.26. The van der Waals surface area contributed by atoms with Crippen molar-refractivity contribution in [3.05, 3.63) is 30.2 Å². The quantitative estimate of drug-likeness (QED) is 0.611. The van der Waals surface area contributed by atoms with E-state index in [1.165, 1.54) is 0 Å². The highest BCUT2D eigenvalue weighted by molar-refractivity contribution is 5.13. The van der Waals surface area contributed by atoms with Crippen molar-refractivity contribution in [1.82, 2.24) is 9.97 Å². The summed E-state index contributed by atoms with van der Waals surface area (Å²) in [5, 5.41) is 0. The lowest BCUT2D eigenvalue weighted by atomic mass is 10.2. The van der Waals surface area contributed by atoms with E-state index in [1.54, 1.807) is 0 Å². The Balaban J connectivity index is 3.08. The van der Waals surface area contributed by atoms with Gasteiger partial charge >= 0.3 is 0 Å². The second-order valence-corrected chi connectivity index (χ2v) is 3.01. The summed E-state index contributed by atoms with van der Waals surface area (Å²) in [6.07, 6.45) is 0. The molecule has 2 nitrogen and oxygen atoms in total. The summed E-state index contributed by atoms with van der Waals surface area (Å²) in [6, 6.07) is 1.88. The van der Waals surface area contributed by atoms with Gasteiger partial charge in [0, 0.05) is 17.3 Å². The lowest BCUT2D eigenvalue weighted by Crippen LogP contribution is -2.00. The second-order valence-electron chi connectivity index (χ2n) is 3.01. The fraction of sp³-hybridized carbons (Fsp3) is 0.444. The molecule has 1 aromatic heterocycles. The molecule has 0 aliphatic carbocycles. The Bertz CT molecular complexity index is 233. The molecular weight excluding hydrogens is 136 g/mol. The van der Waals surface area contributed by atoms with E-state index >= 15 is 0 Å². The van der Waals surface area contributed by atoms with Crippen molar-refractivity contribution in [2.75, 3.05) is 0 Å². The Kier molecular flexibility index (Phi) is 2.22. The number of hydrogen-bond acceptors (Lipinski definition) is 2. The maximum Gasteiger partial charge on any atom is 0.131 e. The minimum absolute atomic E-state index is 0.385. The van der Waals surface area contributed by atoms with Crippen LogP contribution in [0.1, 0.15) is 37.0 Å². The van der Waals surface area contributed by atoms with Crippen LogP contribution in [0.4, 0.5) is 0 Å². The van der Waals surface area contributed by atoms with Crippen LogP contribution in [0.15, 0.2) is 6.07 Å². The van der Waals surface area contributed by atoms with Crippen molar-refractivity contribution >= 4 is 0 Å². The van der Waals surface area contributed by atoms with Crippen molar-refractivity contribution < 1.29 is 0 Å². The molecule has 0 N–H and O–H groups in total. The predicted molar refractivity (Wildman–Crippen MR) is 45.3 cm³/mol. The molecule has 0 saturated carbocycles. The first-order valence-corrected chi connectivity index (χ1v) is 3.77. The first-order chi connectivity index (χ1) is 5.09. The fourth-order valence-electron chi connectivity index (χ4n) is 0.917. The fourth-order valence-corrected chi connectivity index (χ4v) is 0.917. The van der Waals surface area contributed by atoms with Crippen molar-refractivity contribution in [2.45, 2.75) is 26.7 Å². The van der Waals surface area contributed by atoms with E-state index < -0.39 is 0 Å². The van der Waals surface area contributed by atoms with Gasteiger partial charge in [-0.25, -0.2) is 9.97 Å². The smallest absolute Gasteiger partial charge is 0.131 e. The number of hydrogen-bond donors (Lipinski definition) is 0. The van der Waals surface area contributed by atoms with E-state index in [1.807, 2.05) is 13.0 Å². The largest absolute Gasteiger partial charge is 0.238 e. The molecule has 1 aromatic rings. The van der Waals surface area contributed by atoms with E-state index in [0.29, 0.717) is 5.92 Å². The summed E-state index contributed by atoms with van der Waals surface area (Å²) in [5.74, 6) is 1.27. The normalized spacial score (nSPS) is 10.6. The van der Waals surface area contributed by atoms with Crippen LogP contribution < -0.4 is 0 Å². The zero-order chi connectivity index (χ0) is 8.43. The first kappa shape index (κ1) is 8.18. The lowest BCUT2D eigenvalue weighted by molar-refractivity contribution is 0.762. The van der Waals surface area contributed by atoms with Gasteiger partial charge in [0.2, 0.25) is 0 Å². The van der Waals surface area contributed by atoms with E-state index in [-0.39, 0.29) is 0 Å². The summed E-state index contributed by atoms with van der Waals surface area (Å²) >= 11 is 0. The van der Waals surface area contributed by atoms with Gasteiger partial charge in [0.25, 0.3) is 0 Å². The predicted octanol–water partition coefficient (Wildman–Crippen LogP) is 2.09. The highest BCUT2D eigenvalue weighted by atomic mass is 14.9. The summed E-state index contributed by atoms with van der Waals surface area (Å²) in [4.78, 5) is 8.49. The molecule has 0 fully saturated rings. The van der Waals surface area contributed by atoms with E-state index in [2.05, 4.69) is 30.7 Å². The monoisotopic (exact) mass is 149 g/mol. The SMILES string of the molecule is [CH2]c1cc(C)nc(C(C)C)n1. The molecular formula is C9H13N2. The molecule has 0 saturated heterocycles. The Morgan fingerprint density at radius 1 is 1.36 bits per heavy atom. The standard InChI is InChI=1S/C9H13N2/c1-6(2)9-10-7(3)5-8(4)11-9/h5-6H,3H2,1-2,4H3. The van der Waals surface area contributed by atoms with Gasteiger partial charge in [-0.15, -0.1) is 0 Å². The molecule has 0 unspecified atom stereocenters. The van der Waals surface area contributed by atoms with Crippen molar-refractivity contribution in [3.63, 3.8) is 0 Å². The van der Waals surface area contributed by atoms with Crippen LogP contribution in [0, 0.1) is 13.8 Å². The number of rotatable bonds is 1. The van der Waals surface area contributed by atoms with Crippen LogP contribution in [0.2, 0.25) is 0 Å². The van der Waals surface area contributed by atoms with Gasteiger partial charge in [0.05, 0.1) is 0 Å². The summed E-state index contributed by atoms with van der Waals surface area (Å²) < 4.78 is 0. The Morgan fingerprint density at radius 2 is 2.00 bits per heavy atom. The van der Waals surface area contributed by atoms with Gasteiger partial charge in [0.1, 0.15) is 5.82 Å². The van der Waals surface area contributed by atoms with E-state index in [4.69, 9.17) is 0 Å². The average molecular weight is 149 g/mol. The molecule has 0 amide bonds. The second kappa shape index (κ2) is 2.99. The molecule has 2 heteroatoms. The van der Waals surface area contributed by atoms with Gasteiger partial charge in [-0.05, 0) is 19.9 Å². The third-order valence-electron chi connectivity index (χ3n) is 1.44. The summed E-state index contributed by atoms with van der Waals surface area (Å²) in [5.41, 5.74) is 1.80. The molecule has 0 atom stereocenters. The Labute approximate surface area is 67.7 Å². The van der Waals surface area contributed by atoms with E-state index in [0.717, 1.165) is 17.2 Å². The van der Waals surface area contributed by atoms with Crippen LogP contribution in [0.25, 0.3) is 0 Å². The molecule has 0 aliphatic heterocycles. The highest BCUT2D eigenvalue weighted by Gasteiger charge is 2.02. The third-order valence-corrected chi connectivity index (χ3v) is 1.44. The first-order valence-electron chi connectivity index (χ1n) is 3.77. The Hall–Kier alpha value is -0.920. The molecule has 0 aliphatic rings. The van der Waals surface area contributed by atoms with Crippen LogP contribution in [-0.4, -0.2) is 9.97 Å². The number of aryl methyl sites for hydroxylation is 1. The van der Waals surface area contributed by atoms with Crippen LogP contribution in [0.5, 0.6) is 0 Å². The summed E-state index contributed by atoms with van der Waals surface area (Å²) in [6.45, 7) is 9.89. The highest BCUT2D eigenvalue weighted by Crippen LogP contribution is 2.09. The van der Waals surface area contributed by atoms with Crippen LogP contribution >= 0.6 is 0 Å². The molecule has 11 heavy (non-hydrogen) atoms. The Morgan fingerprint density at radius 3 is 2.45 bits per heavy atom. The van der Waals surface area contributed by atoms with Crippen LogP contribution in [-0.2, 0) is 0 Å². The van der Waals surface area contributed by atoms with Gasteiger partial charge in [0.15, 0.2) is 0 Å². The number of aromatic nitrogens is 2. The average Bonchev–Trinajstić information content (AvgIpc) is 1.85. The third kappa shape index (κ3) is 2.00. The molecule has 1 rings (SSSR count). The minimum atomic E-state index is 0.385. The molecule has 0 spiro atoms. The van der Waals surface area contributed by atoms with E-state index in [9.17, 15) is 0 Å². The van der Waals surface area contributed by atoms with Gasteiger partial charge in [-0.2, -0.15) is 0 Å². The van der Waals surface area contributed by atoms with Crippen molar-refractivity contribution in [2.24, 2.45) is 0 Å². The number of nitrogens with zero attached hydrogens (tertiary/aromatic N) is 2. The lowest BCUT2D eigenvalue weighted by Gasteiger charge is -2.04. The maximum atomic E-state index is 4.28. The molecule has 59 valence electrons. The topological polar surface area (TPSA) is 25.8 Å². The van der Waals surface area contributed by atoms with Crippen molar-refractivity contribution in [3.8, 4) is 0 Å². The van der Waals surface area contributed by atoms with Gasteiger partial charge in [-0.3, -0.25) is 0 Å². The minimum Gasteiger partial charge on any atom is -0.238 e. The summed E-state index contributed by atoms with van der Waals surface area (Å²) in [7, 11) is 0. The zero-order valence-corrected chi connectivity index (χ0v) is 7.26. The molecule has 1 radical (unpaired) electrons. The maximum absolute atomic E-state index is 4.28. The molecule has 1 heterocycles.